The summed E-state index contributed by atoms with van der Waals surface area (Å²) in [5.41, 5.74) is -0.231. The molecule has 3 heteroatoms. The van der Waals surface area contributed by atoms with Crippen molar-refractivity contribution in [2.75, 3.05) is 13.1 Å². The molecular formula is C15H25N3. The average molecular weight is 247 g/mol. The van der Waals surface area contributed by atoms with Gasteiger partial charge in [0.05, 0.1) is 6.07 Å². The third-order valence-electron chi connectivity index (χ3n) is 5.24. The molecule has 2 aliphatic heterocycles. The van der Waals surface area contributed by atoms with E-state index in [1.54, 1.807) is 0 Å². The minimum atomic E-state index is -0.231. The lowest BCUT2D eigenvalue weighted by atomic mass is 9.88. The van der Waals surface area contributed by atoms with Gasteiger partial charge in [-0.25, -0.2) is 0 Å². The van der Waals surface area contributed by atoms with Crippen molar-refractivity contribution in [2.24, 2.45) is 0 Å². The molecule has 2 saturated heterocycles. The van der Waals surface area contributed by atoms with Crippen LogP contribution in [0.1, 0.15) is 57.8 Å². The minimum absolute atomic E-state index is 0.231. The molecule has 1 saturated carbocycles. The van der Waals surface area contributed by atoms with Crippen LogP contribution in [-0.4, -0.2) is 35.6 Å². The third-order valence-corrected chi connectivity index (χ3v) is 5.24. The molecule has 3 nitrogen and oxygen atoms in total. The molecule has 2 atom stereocenters. The first-order valence-corrected chi connectivity index (χ1v) is 7.77. The van der Waals surface area contributed by atoms with Crippen molar-refractivity contribution in [3.05, 3.63) is 0 Å². The molecule has 1 aliphatic carbocycles. The fourth-order valence-electron chi connectivity index (χ4n) is 4.26. The predicted molar refractivity (Wildman–Crippen MR) is 72.2 cm³/mol. The van der Waals surface area contributed by atoms with E-state index in [0.29, 0.717) is 12.1 Å². The highest BCUT2D eigenvalue weighted by atomic mass is 15.3. The molecule has 1 N–H and O–H groups in total. The smallest absolute Gasteiger partial charge is 0.123 e. The van der Waals surface area contributed by atoms with Crippen molar-refractivity contribution in [2.45, 2.75) is 75.4 Å². The van der Waals surface area contributed by atoms with E-state index in [9.17, 15) is 5.26 Å². The van der Waals surface area contributed by atoms with Crippen LogP contribution in [0.5, 0.6) is 0 Å². The number of hydrogen-bond acceptors (Lipinski definition) is 3. The Hall–Kier alpha value is -0.590. The van der Waals surface area contributed by atoms with E-state index in [1.165, 1.54) is 57.9 Å². The summed E-state index contributed by atoms with van der Waals surface area (Å²) in [4.78, 5) is 2.53. The number of nitriles is 1. The van der Waals surface area contributed by atoms with Gasteiger partial charge in [-0.15, -0.1) is 0 Å². The number of nitrogens with one attached hydrogen (secondary N) is 1. The summed E-state index contributed by atoms with van der Waals surface area (Å²) in [5, 5.41) is 13.5. The van der Waals surface area contributed by atoms with E-state index in [2.05, 4.69) is 16.3 Å². The summed E-state index contributed by atoms with van der Waals surface area (Å²) < 4.78 is 0. The molecule has 0 amide bonds. The molecule has 0 radical (unpaired) electrons. The number of nitrogens with zero attached hydrogens (tertiary/aromatic N) is 2. The highest BCUT2D eigenvalue weighted by molar-refractivity contribution is 5.20. The lowest BCUT2D eigenvalue weighted by Gasteiger charge is -2.33. The fourth-order valence-corrected chi connectivity index (χ4v) is 4.26. The Morgan fingerprint density at radius 1 is 1.00 bits per heavy atom. The quantitative estimate of drug-likeness (QED) is 0.762. The van der Waals surface area contributed by atoms with Gasteiger partial charge in [0.25, 0.3) is 0 Å². The highest BCUT2D eigenvalue weighted by Crippen LogP contribution is 2.36. The van der Waals surface area contributed by atoms with Crippen molar-refractivity contribution >= 4 is 0 Å². The van der Waals surface area contributed by atoms with Gasteiger partial charge >= 0.3 is 0 Å². The van der Waals surface area contributed by atoms with Crippen LogP contribution < -0.4 is 5.32 Å². The van der Waals surface area contributed by atoms with Gasteiger partial charge in [-0.2, -0.15) is 5.26 Å². The second kappa shape index (κ2) is 5.19. The Labute approximate surface area is 111 Å². The third kappa shape index (κ3) is 2.17. The fraction of sp³-hybridized carbons (Fsp3) is 0.933. The second-order valence-electron chi connectivity index (χ2n) is 6.36. The van der Waals surface area contributed by atoms with E-state index < -0.39 is 0 Å². The van der Waals surface area contributed by atoms with Crippen LogP contribution >= 0.6 is 0 Å². The maximum atomic E-state index is 9.73. The summed E-state index contributed by atoms with van der Waals surface area (Å²) in [7, 11) is 0. The lowest BCUT2D eigenvalue weighted by molar-refractivity contribution is 0.243. The van der Waals surface area contributed by atoms with E-state index in [0.717, 1.165) is 13.0 Å². The Bertz CT molecular complexity index is 327. The van der Waals surface area contributed by atoms with Crippen LogP contribution in [0.15, 0.2) is 0 Å². The molecule has 3 fully saturated rings. The zero-order chi connectivity index (χ0) is 12.4. The Morgan fingerprint density at radius 2 is 1.78 bits per heavy atom. The summed E-state index contributed by atoms with van der Waals surface area (Å²) in [6.07, 6.45) is 11.5. The van der Waals surface area contributed by atoms with Crippen molar-refractivity contribution in [3.8, 4) is 6.07 Å². The maximum absolute atomic E-state index is 9.73. The molecular weight excluding hydrogens is 222 g/mol. The topological polar surface area (TPSA) is 39.1 Å². The van der Waals surface area contributed by atoms with E-state index in [1.807, 2.05) is 0 Å². The molecule has 100 valence electrons. The summed E-state index contributed by atoms with van der Waals surface area (Å²) >= 11 is 0. The Balaban J connectivity index is 1.70. The Morgan fingerprint density at radius 3 is 2.50 bits per heavy atom. The van der Waals surface area contributed by atoms with Gasteiger partial charge in [0.2, 0.25) is 0 Å². The van der Waals surface area contributed by atoms with Crippen LogP contribution in [0.25, 0.3) is 0 Å². The summed E-state index contributed by atoms with van der Waals surface area (Å²) in [5.74, 6) is 0. The van der Waals surface area contributed by atoms with Gasteiger partial charge < -0.3 is 0 Å². The maximum Gasteiger partial charge on any atom is 0.123 e. The van der Waals surface area contributed by atoms with Crippen LogP contribution in [0.3, 0.4) is 0 Å². The number of fused-ring (bicyclic) bond motifs is 1. The van der Waals surface area contributed by atoms with Crippen LogP contribution in [0.2, 0.25) is 0 Å². The zero-order valence-electron chi connectivity index (χ0n) is 11.3. The molecule has 0 aromatic heterocycles. The first-order valence-electron chi connectivity index (χ1n) is 7.77. The average Bonchev–Trinajstić information content (AvgIpc) is 2.88. The largest absolute Gasteiger partial charge is 0.297 e. The van der Waals surface area contributed by atoms with E-state index in [4.69, 9.17) is 0 Å². The molecule has 2 unspecified atom stereocenters. The first kappa shape index (κ1) is 12.4. The number of rotatable bonds is 2. The van der Waals surface area contributed by atoms with Gasteiger partial charge in [-0.1, -0.05) is 25.7 Å². The van der Waals surface area contributed by atoms with E-state index in [-0.39, 0.29) is 5.54 Å². The molecule has 2 heterocycles. The van der Waals surface area contributed by atoms with E-state index >= 15 is 0 Å². The molecule has 0 spiro atoms. The molecule has 0 aromatic rings. The van der Waals surface area contributed by atoms with Crippen LogP contribution in [-0.2, 0) is 0 Å². The monoisotopic (exact) mass is 247 g/mol. The van der Waals surface area contributed by atoms with Crippen molar-refractivity contribution < 1.29 is 0 Å². The Kier molecular flexibility index (Phi) is 3.59. The van der Waals surface area contributed by atoms with Crippen molar-refractivity contribution in [3.63, 3.8) is 0 Å². The molecule has 18 heavy (non-hydrogen) atoms. The predicted octanol–water partition coefficient (Wildman–Crippen LogP) is 2.43. The minimum Gasteiger partial charge on any atom is -0.297 e. The normalized spacial score (nSPS) is 38.3. The highest BCUT2D eigenvalue weighted by Gasteiger charge is 2.50. The van der Waals surface area contributed by atoms with Gasteiger partial charge in [0, 0.05) is 18.6 Å². The molecule has 0 bridgehead atoms. The van der Waals surface area contributed by atoms with Crippen LogP contribution in [0.4, 0.5) is 0 Å². The van der Waals surface area contributed by atoms with Gasteiger partial charge in [-0.3, -0.25) is 10.2 Å². The summed E-state index contributed by atoms with van der Waals surface area (Å²) in [6, 6.07) is 3.75. The zero-order valence-corrected chi connectivity index (χ0v) is 11.3. The molecule has 3 aliphatic rings. The molecule has 0 aromatic carbocycles. The standard InChI is InChI=1S/C15H25N3/c16-12-15(9-11-18-10-5-8-14(15)18)17-13-6-3-1-2-4-7-13/h13-14,17H,1-11H2. The van der Waals surface area contributed by atoms with Crippen molar-refractivity contribution in [1.82, 2.24) is 10.2 Å². The number of hydrogen-bond donors (Lipinski definition) is 1. The first-order chi connectivity index (χ1) is 8.84. The van der Waals surface area contributed by atoms with Gasteiger partial charge in [-0.05, 0) is 38.6 Å². The second-order valence-corrected chi connectivity index (χ2v) is 6.36. The summed E-state index contributed by atoms with van der Waals surface area (Å²) in [6.45, 7) is 2.33. The molecule has 3 rings (SSSR count). The van der Waals surface area contributed by atoms with Crippen LogP contribution in [0, 0.1) is 11.3 Å². The van der Waals surface area contributed by atoms with Gasteiger partial charge in [0.1, 0.15) is 5.54 Å². The van der Waals surface area contributed by atoms with Gasteiger partial charge in [0.15, 0.2) is 0 Å². The lowest BCUT2D eigenvalue weighted by Crippen LogP contribution is -2.55. The van der Waals surface area contributed by atoms with Crippen molar-refractivity contribution in [1.29, 1.82) is 5.26 Å². The SMILES string of the molecule is N#CC1(NC2CCCCCC2)CCN2CCCC21.